The van der Waals surface area contributed by atoms with Gasteiger partial charge in [0.25, 0.3) is 5.91 Å². The predicted octanol–water partition coefficient (Wildman–Crippen LogP) is 1.12. The van der Waals surface area contributed by atoms with Crippen molar-refractivity contribution in [2.75, 3.05) is 12.3 Å². The number of nitrogens with two attached hydrogens (primary N) is 1. The number of aromatic nitrogens is 4. The number of amides is 1. The van der Waals surface area contributed by atoms with Gasteiger partial charge in [-0.25, -0.2) is 0 Å². The molecule has 2 heterocycles. The van der Waals surface area contributed by atoms with Crippen LogP contribution in [0.25, 0.3) is 0 Å². The Morgan fingerprint density at radius 3 is 2.76 bits per heavy atom. The Morgan fingerprint density at radius 1 is 1.38 bits per heavy atom. The Hall–Kier alpha value is -2.31. The number of hydrogen-bond donors (Lipinski definition) is 2. The molecule has 7 heteroatoms. The van der Waals surface area contributed by atoms with Crippen molar-refractivity contribution in [3.8, 4) is 0 Å². The molecule has 0 unspecified atom stereocenters. The van der Waals surface area contributed by atoms with Crippen molar-refractivity contribution in [3.05, 3.63) is 29.3 Å². The molecule has 0 aliphatic carbocycles. The van der Waals surface area contributed by atoms with E-state index in [-0.39, 0.29) is 5.91 Å². The van der Waals surface area contributed by atoms with Crippen LogP contribution in [0.1, 0.15) is 35.2 Å². The molecule has 114 valence electrons. The Kier molecular flexibility index (Phi) is 4.62. The van der Waals surface area contributed by atoms with Gasteiger partial charge in [0, 0.05) is 25.3 Å². The SMILES string of the molecule is CCn1ncc(N)c1C(=O)NCCCn1nc(C)cc1C. The Balaban J connectivity index is 1.84. The summed E-state index contributed by atoms with van der Waals surface area (Å²) in [6.45, 7) is 7.89. The van der Waals surface area contributed by atoms with E-state index in [2.05, 4.69) is 15.5 Å². The van der Waals surface area contributed by atoms with Gasteiger partial charge in [0.15, 0.2) is 0 Å². The third kappa shape index (κ3) is 3.42. The average Bonchev–Trinajstić information content (AvgIpc) is 2.97. The van der Waals surface area contributed by atoms with Gasteiger partial charge in [0.1, 0.15) is 5.69 Å². The Labute approximate surface area is 124 Å². The topological polar surface area (TPSA) is 90.8 Å². The maximum absolute atomic E-state index is 12.1. The highest BCUT2D eigenvalue weighted by atomic mass is 16.2. The lowest BCUT2D eigenvalue weighted by Crippen LogP contribution is -2.28. The van der Waals surface area contributed by atoms with E-state index in [1.54, 1.807) is 4.68 Å². The quantitative estimate of drug-likeness (QED) is 0.780. The first kappa shape index (κ1) is 15.1. The predicted molar refractivity (Wildman–Crippen MR) is 81.0 cm³/mol. The van der Waals surface area contributed by atoms with Crippen LogP contribution in [0.4, 0.5) is 5.69 Å². The van der Waals surface area contributed by atoms with E-state index >= 15 is 0 Å². The third-order valence-corrected chi connectivity index (χ3v) is 3.32. The summed E-state index contributed by atoms with van der Waals surface area (Å²) in [4.78, 5) is 12.1. The van der Waals surface area contributed by atoms with Crippen molar-refractivity contribution in [2.24, 2.45) is 0 Å². The highest BCUT2D eigenvalue weighted by Crippen LogP contribution is 2.10. The molecule has 0 aromatic carbocycles. The highest BCUT2D eigenvalue weighted by molar-refractivity contribution is 5.97. The lowest BCUT2D eigenvalue weighted by Gasteiger charge is -2.08. The smallest absolute Gasteiger partial charge is 0.271 e. The maximum atomic E-state index is 12.1. The lowest BCUT2D eigenvalue weighted by molar-refractivity contribution is 0.0943. The fourth-order valence-electron chi connectivity index (χ4n) is 2.30. The van der Waals surface area contributed by atoms with Gasteiger partial charge in [-0.3, -0.25) is 14.2 Å². The minimum atomic E-state index is -0.180. The molecule has 0 atom stereocenters. The molecule has 0 spiro atoms. The number of anilines is 1. The summed E-state index contributed by atoms with van der Waals surface area (Å²) in [6, 6.07) is 2.04. The van der Waals surface area contributed by atoms with E-state index in [0.717, 1.165) is 24.4 Å². The molecular weight excluding hydrogens is 268 g/mol. The van der Waals surface area contributed by atoms with Gasteiger partial charge in [-0.15, -0.1) is 0 Å². The Bertz CT molecular complexity index is 627. The van der Waals surface area contributed by atoms with Gasteiger partial charge in [-0.05, 0) is 33.3 Å². The van der Waals surface area contributed by atoms with E-state index in [4.69, 9.17) is 5.73 Å². The molecular formula is C14H22N6O. The first-order valence-corrected chi connectivity index (χ1v) is 7.13. The van der Waals surface area contributed by atoms with Crippen LogP contribution in [0.2, 0.25) is 0 Å². The summed E-state index contributed by atoms with van der Waals surface area (Å²) in [5.74, 6) is -0.180. The zero-order valence-corrected chi connectivity index (χ0v) is 12.8. The molecule has 7 nitrogen and oxygen atoms in total. The summed E-state index contributed by atoms with van der Waals surface area (Å²) >= 11 is 0. The van der Waals surface area contributed by atoms with Crippen molar-refractivity contribution < 1.29 is 4.79 Å². The van der Waals surface area contributed by atoms with Crippen molar-refractivity contribution in [1.29, 1.82) is 0 Å². The normalized spacial score (nSPS) is 10.8. The monoisotopic (exact) mass is 290 g/mol. The van der Waals surface area contributed by atoms with Crippen LogP contribution in [-0.2, 0) is 13.1 Å². The second-order valence-electron chi connectivity index (χ2n) is 5.02. The van der Waals surface area contributed by atoms with Gasteiger partial charge < -0.3 is 11.1 Å². The molecule has 0 aliphatic heterocycles. The van der Waals surface area contributed by atoms with Crippen LogP contribution >= 0.6 is 0 Å². The molecule has 0 radical (unpaired) electrons. The van der Waals surface area contributed by atoms with E-state index in [1.807, 2.05) is 31.5 Å². The highest BCUT2D eigenvalue weighted by Gasteiger charge is 2.15. The molecule has 0 saturated heterocycles. The third-order valence-electron chi connectivity index (χ3n) is 3.32. The lowest BCUT2D eigenvalue weighted by atomic mass is 10.3. The zero-order chi connectivity index (χ0) is 15.4. The zero-order valence-electron chi connectivity index (χ0n) is 12.8. The van der Waals surface area contributed by atoms with E-state index in [1.165, 1.54) is 6.20 Å². The second-order valence-corrected chi connectivity index (χ2v) is 5.02. The molecule has 2 rings (SSSR count). The molecule has 0 bridgehead atoms. The molecule has 0 aliphatic rings. The number of aryl methyl sites for hydroxylation is 4. The second kappa shape index (κ2) is 6.43. The van der Waals surface area contributed by atoms with Crippen molar-refractivity contribution >= 4 is 11.6 Å². The van der Waals surface area contributed by atoms with Crippen LogP contribution in [0, 0.1) is 13.8 Å². The van der Waals surface area contributed by atoms with E-state index in [0.29, 0.717) is 24.5 Å². The summed E-state index contributed by atoms with van der Waals surface area (Å²) in [7, 11) is 0. The number of nitrogens with one attached hydrogen (secondary N) is 1. The first-order chi connectivity index (χ1) is 10.0. The van der Waals surface area contributed by atoms with Crippen molar-refractivity contribution in [3.63, 3.8) is 0 Å². The molecule has 0 saturated carbocycles. The van der Waals surface area contributed by atoms with Gasteiger partial charge in [-0.1, -0.05) is 0 Å². The summed E-state index contributed by atoms with van der Waals surface area (Å²) in [6.07, 6.45) is 2.32. The van der Waals surface area contributed by atoms with Crippen LogP contribution in [0.3, 0.4) is 0 Å². The average molecular weight is 290 g/mol. The van der Waals surface area contributed by atoms with Crippen LogP contribution in [-0.4, -0.2) is 32.0 Å². The summed E-state index contributed by atoms with van der Waals surface area (Å²) in [5, 5.41) is 11.3. The summed E-state index contributed by atoms with van der Waals surface area (Å²) in [5.41, 5.74) is 8.76. The number of nitrogen functional groups attached to an aromatic ring is 1. The van der Waals surface area contributed by atoms with Crippen LogP contribution < -0.4 is 11.1 Å². The van der Waals surface area contributed by atoms with Crippen molar-refractivity contribution in [2.45, 2.75) is 40.3 Å². The first-order valence-electron chi connectivity index (χ1n) is 7.13. The summed E-state index contributed by atoms with van der Waals surface area (Å²) < 4.78 is 3.55. The minimum absolute atomic E-state index is 0.180. The van der Waals surface area contributed by atoms with Gasteiger partial charge in [0.05, 0.1) is 17.6 Å². The van der Waals surface area contributed by atoms with E-state index in [9.17, 15) is 4.79 Å². The Morgan fingerprint density at radius 2 is 2.14 bits per heavy atom. The number of rotatable bonds is 6. The molecule has 2 aromatic heterocycles. The number of carbonyl (C=O) groups excluding carboxylic acids is 1. The fraction of sp³-hybridized carbons (Fsp3) is 0.500. The van der Waals surface area contributed by atoms with Gasteiger partial charge >= 0.3 is 0 Å². The molecule has 21 heavy (non-hydrogen) atoms. The van der Waals surface area contributed by atoms with Crippen molar-refractivity contribution in [1.82, 2.24) is 24.9 Å². The number of hydrogen-bond acceptors (Lipinski definition) is 4. The number of carbonyl (C=O) groups is 1. The van der Waals surface area contributed by atoms with Gasteiger partial charge in [-0.2, -0.15) is 10.2 Å². The van der Waals surface area contributed by atoms with Gasteiger partial charge in [0.2, 0.25) is 0 Å². The minimum Gasteiger partial charge on any atom is -0.396 e. The molecule has 3 N–H and O–H groups in total. The van der Waals surface area contributed by atoms with E-state index < -0.39 is 0 Å². The molecule has 1 amide bonds. The maximum Gasteiger partial charge on any atom is 0.271 e. The number of nitrogens with zero attached hydrogens (tertiary/aromatic N) is 4. The fourth-order valence-corrected chi connectivity index (χ4v) is 2.30. The molecule has 0 fully saturated rings. The largest absolute Gasteiger partial charge is 0.396 e. The van der Waals surface area contributed by atoms with Crippen LogP contribution in [0.5, 0.6) is 0 Å². The van der Waals surface area contributed by atoms with Crippen LogP contribution in [0.15, 0.2) is 12.3 Å². The molecule has 2 aromatic rings. The standard InChI is InChI=1S/C14H22N6O/c1-4-19-13(12(15)9-17-19)14(21)16-6-5-7-20-11(3)8-10(2)18-20/h8-9H,4-7,15H2,1-3H3,(H,16,21).